The van der Waals surface area contributed by atoms with Crippen LogP contribution < -0.4 is 5.73 Å². The number of hydrogen-bond acceptors (Lipinski definition) is 5. The van der Waals surface area contributed by atoms with E-state index < -0.39 is 0 Å². The van der Waals surface area contributed by atoms with Crippen LogP contribution in [0.1, 0.15) is 0 Å². The maximum atomic E-state index is 5.58. The van der Waals surface area contributed by atoms with Gasteiger partial charge in [-0.05, 0) is 21.1 Å². The second-order valence-electron chi connectivity index (χ2n) is 4.32. The first-order chi connectivity index (χ1) is 6.61. The van der Waals surface area contributed by atoms with Gasteiger partial charge in [-0.2, -0.15) is 0 Å². The predicted octanol–water partition coefficient (Wildman–Crippen LogP) is -1.11. The molecule has 0 unspecified atom stereocenters. The maximum absolute atomic E-state index is 5.58. The van der Waals surface area contributed by atoms with Gasteiger partial charge in [0.2, 0.25) is 0 Å². The molecular weight excluding hydrogens is 178 g/mol. The first-order valence-corrected chi connectivity index (χ1v) is 5.10. The normalized spacial score (nSPS) is 24.9. The maximum Gasteiger partial charge on any atom is 0.0527 e. The van der Waals surface area contributed by atoms with Gasteiger partial charge in [-0.1, -0.05) is 0 Å². The number of hydrogen-bond donors (Lipinski definition) is 1. The van der Waals surface area contributed by atoms with Gasteiger partial charge in [-0.15, -0.1) is 0 Å². The van der Waals surface area contributed by atoms with Gasteiger partial charge in [0.05, 0.1) is 26.7 Å². The molecule has 1 aliphatic rings. The molecular formula is C9H23N5. The molecule has 0 aromatic rings. The Morgan fingerprint density at radius 2 is 1.29 bits per heavy atom. The first kappa shape index (κ1) is 11.9. The third kappa shape index (κ3) is 3.89. The summed E-state index contributed by atoms with van der Waals surface area (Å²) in [6.45, 7) is 5.70. The molecule has 0 amide bonds. The van der Waals surface area contributed by atoms with Gasteiger partial charge >= 0.3 is 0 Å². The topological polar surface area (TPSA) is 39.0 Å². The van der Waals surface area contributed by atoms with Gasteiger partial charge in [-0.3, -0.25) is 19.6 Å². The van der Waals surface area contributed by atoms with Crippen molar-refractivity contribution < 1.29 is 0 Å². The van der Waals surface area contributed by atoms with E-state index in [1.807, 2.05) is 0 Å². The second kappa shape index (κ2) is 5.63. The number of nitrogens with zero attached hydrogens (tertiary/aromatic N) is 4. The fraction of sp³-hybridized carbons (Fsp3) is 1.00. The van der Waals surface area contributed by atoms with Crippen LogP contribution in [0, 0.1) is 0 Å². The van der Waals surface area contributed by atoms with Crippen LogP contribution in [0.4, 0.5) is 0 Å². The molecule has 0 bridgehead atoms. The SMILES string of the molecule is CN1CN(C)CN(CCN)CN(C)C1. The minimum absolute atomic E-state index is 0.734. The molecule has 1 heterocycles. The van der Waals surface area contributed by atoms with Crippen LogP contribution in [0.15, 0.2) is 0 Å². The minimum Gasteiger partial charge on any atom is -0.329 e. The lowest BCUT2D eigenvalue weighted by Gasteiger charge is -2.38. The van der Waals surface area contributed by atoms with E-state index in [2.05, 4.69) is 40.7 Å². The smallest absolute Gasteiger partial charge is 0.0527 e. The molecule has 0 aromatic heterocycles. The molecule has 0 aliphatic carbocycles. The molecule has 0 radical (unpaired) electrons. The summed E-state index contributed by atoms with van der Waals surface area (Å²) in [6.07, 6.45) is 0. The molecule has 0 aromatic carbocycles. The highest BCUT2D eigenvalue weighted by Crippen LogP contribution is 2.00. The highest BCUT2D eigenvalue weighted by molar-refractivity contribution is 4.63. The van der Waals surface area contributed by atoms with E-state index in [0.717, 1.165) is 39.8 Å². The summed E-state index contributed by atoms with van der Waals surface area (Å²) in [5.74, 6) is 0. The van der Waals surface area contributed by atoms with Crippen LogP contribution in [0.25, 0.3) is 0 Å². The highest BCUT2D eigenvalue weighted by atomic mass is 15.5. The molecule has 5 nitrogen and oxygen atoms in total. The average Bonchev–Trinajstić information content (AvgIpc) is 2.00. The lowest BCUT2D eigenvalue weighted by Crippen LogP contribution is -2.52. The fourth-order valence-corrected chi connectivity index (χ4v) is 2.01. The summed E-state index contributed by atoms with van der Waals surface area (Å²) in [7, 11) is 6.43. The van der Waals surface area contributed by atoms with E-state index in [1.54, 1.807) is 0 Å². The largest absolute Gasteiger partial charge is 0.329 e. The Morgan fingerprint density at radius 3 is 1.71 bits per heavy atom. The van der Waals surface area contributed by atoms with Crippen molar-refractivity contribution in [3.63, 3.8) is 0 Å². The Balaban J connectivity index is 2.47. The van der Waals surface area contributed by atoms with Crippen molar-refractivity contribution in [3.05, 3.63) is 0 Å². The zero-order valence-corrected chi connectivity index (χ0v) is 9.61. The highest BCUT2D eigenvalue weighted by Gasteiger charge is 2.15. The van der Waals surface area contributed by atoms with Crippen molar-refractivity contribution in [1.82, 2.24) is 19.6 Å². The third-order valence-electron chi connectivity index (χ3n) is 2.29. The van der Waals surface area contributed by atoms with Crippen LogP contribution in [0.2, 0.25) is 0 Å². The summed E-state index contributed by atoms with van der Waals surface area (Å²) in [5.41, 5.74) is 5.58. The van der Waals surface area contributed by atoms with Gasteiger partial charge in [0, 0.05) is 13.1 Å². The third-order valence-corrected chi connectivity index (χ3v) is 2.29. The zero-order valence-electron chi connectivity index (χ0n) is 9.61. The minimum atomic E-state index is 0.734. The van der Waals surface area contributed by atoms with E-state index in [4.69, 9.17) is 5.73 Å². The molecule has 1 saturated heterocycles. The van der Waals surface area contributed by atoms with Gasteiger partial charge in [-0.25, -0.2) is 0 Å². The van der Waals surface area contributed by atoms with Crippen molar-refractivity contribution in [2.45, 2.75) is 0 Å². The van der Waals surface area contributed by atoms with Crippen LogP contribution in [0.5, 0.6) is 0 Å². The van der Waals surface area contributed by atoms with Crippen molar-refractivity contribution in [3.8, 4) is 0 Å². The standard InChI is InChI=1S/C9H23N5/c1-11-6-12(2)8-14(5-4-10)9-13(3)7-11/h4-10H2,1-3H3. The molecule has 84 valence electrons. The molecule has 1 rings (SSSR count). The molecule has 0 saturated carbocycles. The quantitative estimate of drug-likeness (QED) is 0.613. The monoisotopic (exact) mass is 201 g/mol. The zero-order chi connectivity index (χ0) is 10.6. The first-order valence-electron chi connectivity index (χ1n) is 5.10. The van der Waals surface area contributed by atoms with Gasteiger partial charge in [0.25, 0.3) is 0 Å². The van der Waals surface area contributed by atoms with Crippen molar-refractivity contribution in [1.29, 1.82) is 0 Å². The summed E-state index contributed by atoms with van der Waals surface area (Å²) < 4.78 is 0. The van der Waals surface area contributed by atoms with Gasteiger partial charge in [0.15, 0.2) is 0 Å². The van der Waals surface area contributed by atoms with E-state index >= 15 is 0 Å². The van der Waals surface area contributed by atoms with E-state index in [0.29, 0.717) is 0 Å². The van der Waals surface area contributed by atoms with E-state index in [-0.39, 0.29) is 0 Å². The van der Waals surface area contributed by atoms with Crippen LogP contribution in [0.3, 0.4) is 0 Å². The Bertz CT molecular complexity index is 149. The lowest BCUT2D eigenvalue weighted by atomic mass is 10.5. The molecule has 0 atom stereocenters. The van der Waals surface area contributed by atoms with Gasteiger partial charge in [0.1, 0.15) is 0 Å². The summed E-state index contributed by atoms with van der Waals surface area (Å²) in [5, 5.41) is 0. The Morgan fingerprint density at radius 1 is 0.857 bits per heavy atom. The van der Waals surface area contributed by atoms with E-state index in [9.17, 15) is 0 Å². The van der Waals surface area contributed by atoms with Gasteiger partial charge < -0.3 is 5.73 Å². The van der Waals surface area contributed by atoms with Crippen LogP contribution in [-0.4, -0.2) is 80.5 Å². The summed E-state index contributed by atoms with van der Waals surface area (Å²) in [4.78, 5) is 9.29. The fourth-order valence-electron chi connectivity index (χ4n) is 2.01. The molecule has 5 heteroatoms. The van der Waals surface area contributed by atoms with Crippen LogP contribution in [-0.2, 0) is 0 Å². The molecule has 14 heavy (non-hydrogen) atoms. The molecule has 1 aliphatic heterocycles. The molecule has 1 fully saturated rings. The predicted molar refractivity (Wildman–Crippen MR) is 58.5 cm³/mol. The Labute approximate surface area is 87.0 Å². The number of nitrogens with two attached hydrogens (primary N) is 1. The summed E-state index contributed by atoms with van der Waals surface area (Å²) >= 11 is 0. The molecule has 0 spiro atoms. The average molecular weight is 201 g/mol. The van der Waals surface area contributed by atoms with Crippen molar-refractivity contribution in [2.24, 2.45) is 5.73 Å². The molecule has 2 N–H and O–H groups in total. The van der Waals surface area contributed by atoms with Crippen LogP contribution >= 0.6 is 0 Å². The Hall–Kier alpha value is -0.200. The lowest BCUT2D eigenvalue weighted by molar-refractivity contribution is 0.00409. The van der Waals surface area contributed by atoms with E-state index in [1.165, 1.54) is 0 Å². The Kier molecular flexibility index (Phi) is 4.77. The van der Waals surface area contributed by atoms with Crippen molar-refractivity contribution >= 4 is 0 Å². The second-order valence-corrected chi connectivity index (χ2v) is 4.32. The van der Waals surface area contributed by atoms with Crippen molar-refractivity contribution in [2.75, 3.05) is 60.9 Å². The summed E-state index contributed by atoms with van der Waals surface area (Å²) in [6, 6.07) is 0. The number of rotatable bonds is 2.